The minimum atomic E-state index is -3.51. The van der Waals surface area contributed by atoms with Crippen molar-refractivity contribution < 1.29 is 12.8 Å². The summed E-state index contributed by atoms with van der Waals surface area (Å²) in [7, 11) is -3.51. The molecule has 0 aliphatic heterocycles. The molecule has 0 aromatic carbocycles. The number of thiophene rings is 1. The number of pyridine rings is 1. The van der Waals surface area contributed by atoms with Crippen molar-refractivity contribution >= 4 is 21.4 Å². The Kier molecular flexibility index (Phi) is 4.10. The fourth-order valence-electron chi connectivity index (χ4n) is 2.02. The van der Waals surface area contributed by atoms with E-state index in [0.29, 0.717) is 15.7 Å². The standard InChI is InChI=1S/C15H14N2O3S2/c1-11-6-7-14(21-11)22(18,19)17-10-12-4-2-8-16-15(12)13-5-3-9-20-13/h2-9,17H,10H2,1H3. The fraction of sp³-hybridized carbons (Fsp3) is 0.133. The molecule has 3 rings (SSSR count). The Morgan fingerprint density at radius 1 is 1.23 bits per heavy atom. The van der Waals surface area contributed by atoms with Crippen LogP contribution in [0.15, 0.2) is 57.5 Å². The highest BCUT2D eigenvalue weighted by atomic mass is 32.2. The summed E-state index contributed by atoms with van der Waals surface area (Å²) in [5, 5.41) is 0. The van der Waals surface area contributed by atoms with Crippen LogP contribution in [0, 0.1) is 6.92 Å². The monoisotopic (exact) mass is 334 g/mol. The lowest BCUT2D eigenvalue weighted by atomic mass is 10.1. The van der Waals surface area contributed by atoms with Gasteiger partial charge < -0.3 is 4.42 Å². The molecule has 0 radical (unpaired) electrons. The number of aryl methyl sites for hydroxylation is 1. The van der Waals surface area contributed by atoms with Gasteiger partial charge in [0.1, 0.15) is 9.90 Å². The first-order valence-electron chi connectivity index (χ1n) is 6.60. The van der Waals surface area contributed by atoms with Crippen molar-refractivity contribution in [3.63, 3.8) is 0 Å². The van der Waals surface area contributed by atoms with Crippen LogP contribution in [0.25, 0.3) is 11.5 Å². The lowest BCUT2D eigenvalue weighted by Gasteiger charge is -2.08. The van der Waals surface area contributed by atoms with Gasteiger partial charge in [0.25, 0.3) is 0 Å². The minimum absolute atomic E-state index is 0.156. The smallest absolute Gasteiger partial charge is 0.250 e. The van der Waals surface area contributed by atoms with Crippen molar-refractivity contribution in [3.8, 4) is 11.5 Å². The first-order valence-corrected chi connectivity index (χ1v) is 8.90. The second kappa shape index (κ2) is 6.04. The van der Waals surface area contributed by atoms with E-state index in [2.05, 4.69) is 9.71 Å². The number of nitrogens with one attached hydrogen (secondary N) is 1. The Morgan fingerprint density at radius 2 is 2.09 bits per heavy atom. The predicted molar refractivity (Wildman–Crippen MR) is 85.0 cm³/mol. The van der Waals surface area contributed by atoms with Gasteiger partial charge in [0.05, 0.1) is 6.26 Å². The molecular formula is C15H14N2O3S2. The summed E-state index contributed by atoms with van der Waals surface area (Å²) in [6.07, 6.45) is 3.21. The van der Waals surface area contributed by atoms with Crippen molar-refractivity contribution in [2.45, 2.75) is 17.7 Å². The summed E-state index contributed by atoms with van der Waals surface area (Å²) in [6.45, 7) is 2.03. The van der Waals surface area contributed by atoms with Crippen LogP contribution >= 0.6 is 11.3 Å². The van der Waals surface area contributed by atoms with Crippen molar-refractivity contribution in [1.82, 2.24) is 9.71 Å². The molecule has 3 heterocycles. The predicted octanol–water partition coefficient (Wildman–Crippen LogP) is 3.19. The lowest BCUT2D eigenvalue weighted by Crippen LogP contribution is -2.22. The minimum Gasteiger partial charge on any atom is -0.463 e. The quantitative estimate of drug-likeness (QED) is 0.778. The van der Waals surface area contributed by atoms with Crippen LogP contribution in [0.5, 0.6) is 0 Å². The van der Waals surface area contributed by atoms with E-state index in [1.165, 1.54) is 11.3 Å². The molecule has 0 saturated heterocycles. The Hall–Kier alpha value is -1.96. The van der Waals surface area contributed by atoms with E-state index in [0.717, 1.165) is 10.4 Å². The topological polar surface area (TPSA) is 72.2 Å². The molecule has 0 unspecified atom stereocenters. The van der Waals surface area contributed by atoms with Crippen LogP contribution in [-0.2, 0) is 16.6 Å². The second-order valence-electron chi connectivity index (χ2n) is 4.68. The first-order chi connectivity index (χ1) is 10.6. The third kappa shape index (κ3) is 3.11. The molecule has 0 fully saturated rings. The number of aromatic nitrogens is 1. The molecule has 0 aliphatic carbocycles. The molecule has 22 heavy (non-hydrogen) atoms. The third-order valence-corrected chi connectivity index (χ3v) is 5.97. The van der Waals surface area contributed by atoms with Gasteiger partial charge in [-0.2, -0.15) is 0 Å². The normalized spacial score (nSPS) is 11.7. The molecule has 0 atom stereocenters. The Bertz CT molecular complexity index is 868. The van der Waals surface area contributed by atoms with Gasteiger partial charge in [0, 0.05) is 17.6 Å². The number of sulfonamides is 1. The molecule has 114 valence electrons. The van der Waals surface area contributed by atoms with Crippen molar-refractivity contribution in [2.24, 2.45) is 0 Å². The zero-order chi connectivity index (χ0) is 15.6. The summed E-state index contributed by atoms with van der Waals surface area (Å²) in [5.74, 6) is 0.613. The Labute approximate surface area is 132 Å². The van der Waals surface area contributed by atoms with E-state index >= 15 is 0 Å². The van der Waals surface area contributed by atoms with Crippen molar-refractivity contribution in [2.75, 3.05) is 0 Å². The van der Waals surface area contributed by atoms with Gasteiger partial charge in [-0.25, -0.2) is 13.1 Å². The highest BCUT2D eigenvalue weighted by molar-refractivity contribution is 7.91. The van der Waals surface area contributed by atoms with Crippen molar-refractivity contribution in [3.05, 3.63) is 59.3 Å². The maximum Gasteiger partial charge on any atom is 0.250 e. The lowest BCUT2D eigenvalue weighted by molar-refractivity contribution is 0.576. The summed E-state index contributed by atoms with van der Waals surface area (Å²) >= 11 is 1.25. The Balaban J connectivity index is 1.83. The molecule has 0 spiro atoms. The first kappa shape index (κ1) is 15.0. The van der Waals surface area contributed by atoms with Gasteiger partial charge >= 0.3 is 0 Å². The number of hydrogen-bond acceptors (Lipinski definition) is 5. The van der Waals surface area contributed by atoms with E-state index in [1.807, 2.05) is 13.0 Å². The summed E-state index contributed by atoms with van der Waals surface area (Å²) in [5.41, 5.74) is 1.40. The fourth-order valence-corrected chi connectivity index (χ4v) is 4.35. The molecule has 7 heteroatoms. The largest absolute Gasteiger partial charge is 0.463 e. The van der Waals surface area contributed by atoms with Gasteiger partial charge in [-0.05, 0) is 42.8 Å². The molecule has 0 bridgehead atoms. The molecule has 0 amide bonds. The number of hydrogen-bond donors (Lipinski definition) is 1. The second-order valence-corrected chi connectivity index (χ2v) is 7.96. The van der Waals surface area contributed by atoms with E-state index in [4.69, 9.17) is 4.42 Å². The maximum absolute atomic E-state index is 12.3. The average molecular weight is 334 g/mol. The molecule has 0 aliphatic rings. The highest BCUT2D eigenvalue weighted by Crippen LogP contribution is 2.23. The van der Waals surface area contributed by atoms with Gasteiger partial charge in [-0.15, -0.1) is 11.3 Å². The van der Waals surface area contributed by atoms with Gasteiger partial charge in [0.15, 0.2) is 5.76 Å². The number of furan rings is 1. The van der Waals surface area contributed by atoms with Crippen LogP contribution in [0.2, 0.25) is 0 Å². The summed E-state index contributed by atoms with van der Waals surface area (Å²) in [6, 6.07) is 10.6. The zero-order valence-corrected chi connectivity index (χ0v) is 13.4. The number of rotatable bonds is 5. The SMILES string of the molecule is Cc1ccc(S(=O)(=O)NCc2cccnc2-c2ccco2)s1. The van der Waals surface area contributed by atoms with Crippen LogP contribution in [-0.4, -0.2) is 13.4 Å². The zero-order valence-electron chi connectivity index (χ0n) is 11.8. The van der Waals surface area contributed by atoms with E-state index in [9.17, 15) is 8.42 Å². The van der Waals surface area contributed by atoms with E-state index in [1.54, 1.807) is 42.8 Å². The molecule has 3 aromatic rings. The van der Waals surface area contributed by atoms with Gasteiger partial charge in [-0.1, -0.05) is 6.07 Å². The van der Waals surface area contributed by atoms with Crippen molar-refractivity contribution in [1.29, 1.82) is 0 Å². The van der Waals surface area contributed by atoms with Crippen LogP contribution in [0.1, 0.15) is 10.4 Å². The summed E-state index contributed by atoms with van der Waals surface area (Å²) < 4.78 is 32.8. The van der Waals surface area contributed by atoms with Crippen LogP contribution in [0.3, 0.4) is 0 Å². The highest BCUT2D eigenvalue weighted by Gasteiger charge is 2.17. The summed E-state index contributed by atoms with van der Waals surface area (Å²) in [4.78, 5) is 5.23. The molecule has 5 nitrogen and oxygen atoms in total. The molecule has 1 N–H and O–H groups in total. The molecular weight excluding hydrogens is 320 g/mol. The maximum atomic E-state index is 12.3. The van der Waals surface area contributed by atoms with Gasteiger partial charge in [0.2, 0.25) is 10.0 Å². The van der Waals surface area contributed by atoms with Crippen LogP contribution < -0.4 is 4.72 Å². The Morgan fingerprint density at radius 3 is 2.77 bits per heavy atom. The average Bonchev–Trinajstić information content (AvgIpc) is 3.17. The van der Waals surface area contributed by atoms with E-state index < -0.39 is 10.0 Å². The molecule has 3 aromatic heterocycles. The number of nitrogens with zero attached hydrogens (tertiary/aromatic N) is 1. The molecule has 0 saturated carbocycles. The third-order valence-electron chi connectivity index (χ3n) is 3.08. The van der Waals surface area contributed by atoms with Gasteiger partial charge in [-0.3, -0.25) is 4.98 Å². The van der Waals surface area contributed by atoms with E-state index in [-0.39, 0.29) is 6.54 Å². The van der Waals surface area contributed by atoms with Crippen LogP contribution in [0.4, 0.5) is 0 Å².